The van der Waals surface area contributed by atoms with Crippen LogP contribution in [0.1, 0.15) is 31.8 Å². The van der Waals surface area contributed by atoms with Gasteiger partial charge in [0.05, 0.1) is 73.8 Å². The average Bonchev–Trinajstić information content (AvgIpc) is 3.35. The van der Waals surface area contributed by atoms with Crippen molar-refractivity contribution in [2.45, 2.75) is 0 Å². The van der Waals surface area contributed by atoms with Crippen molar-refractivity contribution < 1.29 is 19.1 Å². The molecule has 0 N–H and O–H groups in total. The number of hydrogen-bond acceptors (Lipinski definition) is 6. The van der Waals surface area contributed by atoms with Crippen molar-refractivity contribution in [1.29, 1.82) is 0 Å². The summed E-state index contributed by atoms with van der Waals surface area (Å²) < 4.78 is 10.5. The lowest BCUT2D eigenvalue weighted by atomic mass is 10.1. The minimum Gasteiger partial charge on any atom is -0.403 e. The summed E-state index contributed by atoms with van der Waals surface area (Å²) in [6, 6.07) is 6.25. The van der Waals surface area contributed by atoms with E-state index in [9.17, 15) is 9.59 Å². The quantitative estimate of drug-likeness (QED) is 0.158. The molecular formula is C22H4Cl8N2O4. The van der Waals surface area contributed by atoms with Gasteiger partial charge in [0.15, 0.2) is 0 Å². The van der Waals surface area contributed by atoms with Gasteiger partial charge >= 0.3 is 11.9 Å². The lowest BCUT2D eigenvalue weighted by Gasteiger charge is -2.07. The normalized spacial score (nSPS) is 16.4. The van der Waals surface area contributed by atoms with Crippen molar-refractivity contribution in [1.82, 2.24) is 0 Å². The summed E-state index contributed by atoms with van der Waals surface area (Å²) in [6.07, 6.45) is 0. The second kappa shape index (κ2) is 9.53. The number of carbonyl (C=O) groups excluding carboxylic acids is 2. The van der Waals surface area contributed by atoms with E-state index < -0.39 is 11.9 Å². The highest BCUT2D eigenvalue weighted by molar-refractivity contribution is 6.55. The number of esters is 2. The fourth-order valence-corrected chi connectivity index (χ4v) is 5.44. The minimum absolute atomic E-state index is 0.0234. The van der Waals surface area contributed by atoms with E-state index in [0.717, 1.165) is 0 Å². The first-order chi connectivity index (χ1) is 17.0. The van der Waals surface area contributed by atoms with Gasteiger partial charge in [-0.3, -0.25) is 0 Å². The van der Waals surface area contributed by atoms with Crippen LogP contribution in [0.15, 0.2) is 34.3 Å². The van der Waals surface area contributed by atoms with Crippen LogP contribution in [0, 0.1) is 0 Å². The Balaban J connectivity index is 1.52. The molecule has 5 rings (SSSR count). The van der Waals surface area contributed by atoms with Crippen molar-refractivity contribution in [2.75, 3.05) is 0 Å². The summed E-state index contributed by atoms with van der Waals surface area (Å²) in [7, 11) is 0. The zero-order valence-electron chi connectivity index (χ0n) is 16.9. The molecule has 0 spiro atoms. The largest absolute Gasteiger partial charge is 0.403 e. The minimum atomic E-state index is -0.770. The predicted octanol–water partition coefficient (Wildman–Crippen LogP) is 9.41. The first-order valence-corrected chi connectivity index (χ1v) is 12.5. The van der Waals surface area contributed by atoms with Gasteiger partial charge < -0.3 is 9.47 Å². The van der Waals surface area contributed by atoms with Gasteiger partial charge in [-0.25, -0.2) is 19.6 Å². The molecule has 0 unspecified atom stereocenters. The first-order valence-electron chi connectivity index (χ1n) is 9.45. The number of carbonyl (C=O) groups is 2. The number of nitrogens with zero attached hydrogens (tertiary/aromatic N) is 2. The number of ether oxygens (including phenoxy) is 2. The Hall–Kier alpha value is -1.74. The topological polar surface area (TPSA) is 77.3 Å². The number of hydrogen-bond donors (Lipinski definition) is 0. The molecule has 3 aromatic rings. The van der Waals surface area contributed by atoms with Crippen LogP contribution in [0.4, 0.5) is 11.4 Å². The second-order valence-corrected chi connectivity index (χ2v) is 10.2. The Labute approximate surface area is 242 Å². The van der Waals surface area contributed by atoms with E-state index in [0.29, 0.717) is 11.4 Å². The van der Waals surface area contributed by atoms with Gasteiger partial charge in [-0.05, 0) is 24.3 Å². The summed E-state index contributed by atoms with van der Waals surface area (Å²) >= 11 is 49.2. The molecule has 0 saturated heterocycles. The lowest BCUT2D eigenvalue weighted by Crippen LogP contribution is -2.00. The van der Waals surface area contributed by atoms with E-state index in [2.05, 4.69) is 9.98 Å². The molecule has 6 nitrogen and oxygen atoms in total. The summed E-state index contributed by atoms with van der Waals surface area (Å²) in [4.78, 5) is 33.3. The lowest BCUT2D eigenvalue weighted by molar-refractivity contribution is 0.0727. The van der Waals surface area contributed by atoms with Gasteiger partial charge in [0.25, 0.3) is 0 Å². The van der Waals surface area contributed by atoms with Crippen molar-refractivity contribution in [2.24, 2.45) is 9.98 Å². The zero-order valence-corrected chi connectivity index (χ0v) is 22.9. The molecule has 14 heteroatoms. The number of benzene rings is 3. The van der Waals surface area contributed by atoms with Crippen molar-refractivity contribution in [3.05, 3.63) is 86.7 Å². The molecule has 0 fully saturated rings. The molecule has 2 aliphatic heterocycles. The van der Waals surface area contributed by atoms with Gasteiger partial charge in [-0.15, -0.1) is 0 Å². The molecule has 0 bridgehead atoms. The number of halogens is 8. The summed E-state index contributed by atoms with van der Waals surface area (Å²) in [5.74, 6) is -1.75. The van der Waals surface area contributed by atoms with Crippen LogP contribution in [0.2, 0.25) is 40.2 Å². The molecular weight excluding hydrogens is 640 g/mol. The van der Waals surface area contributed by atoms with Gasteiger partial charge in [0.1, 0.15) is 0 Å². The molecule has 3 aromatic carbocycles. The summed E-state index contributed by atoms with van der Waals surface area (Å²) in [5.41, 5.74) is 0.923. The molecule has 2 heterocycles. The molecule has 0 radical (unpaired) electrons. The van der Waals surface area contributed by atoms with Crippen molar-refractivity contribution in [3.8, 4) is 0 Å². The number of aliphatic imine (C=N–C) groups is 2. The standard InChI is InChI=1S/C22H4Cl8N2O4/c23-11-7-9(13(25)17(29)15(11)27)21(33)35-19(7)31-5-1-2-6(4-3-5)32-20-8-10(22(34)36-20)14(26)18(30)16(28)12(8)24/h1-4H. The highest BCUT2D eigenvalue weighted by atomic mass is 35.5. The SMILES string of the molecule is O=C1OC(=Nc2ccc(N=C3OC(=O)c4c(Cl)c(Cl)c(Cl)c(Cl)c43)cc2)c2c(Cl)c(Cl)c(Cl)c(Cl)c21. The van der Waals surface area contributed by atoms with Gasteiger partial charge in [0.2, 0.25) is 11.8 Å². The average molecular weight is 644 g/mol. The highest BCUT2D eigenvalue weighted by Gasteiger charge is 2.37. The molecule has 0 aliphatic carbocycles. The van der Waals surface area contributed by atoms with Gasteiger partial charge in [-0.1, -0.05) is 92.8 Å². The maximum absolute atomic E-state index is 12.3. The third kappa shape index (κ3) is 4.05. The van der Waals surface area contributed by atoms with E-state index >= 15 is 0 Å². The Morgan fingerprint density at radius 3 is 1.03 bits per heavy atom. The number of cyclic esters (lactones) is 2. The third-order valence-electron chi connectivity index (χ3n) is 5.06. The van der Waals surface area contributed by atoms with Gasteiger partial charge in [0, 0.05) is 0 Å². The van der Waals surface area contributed by atoms with Crippen LogP contribution in [-0.4, -0.2) is 23.7 Å². The molecule has 0 aromatic heterocycles. The predicted molar refractivity (Wildman–Crippen MR) is 143 cm³/mol. The van der Waals surface area contributed by atoms with E-state index in [1.165, 1.54) is 0 Å². The second-order valence-electron chi connectivity index (χ2n) is 7.14. The van der Waals surface area contributed by atoms with Crippen LogP contribution in [0.5, 0.6) is 0 Å². The molecule has 36 heavy (non-hydrogen) atoms. The third-order valence-corrected chi connectivity index (χ3v) is 8.66. The maximum atomic E-state index is 12.3. The Kier molecular flexibility index (Phi) is 6.86. The van der Waals surface area contributed by atoms with Crippen LogP contribution in [0.25, 0.3) is 0 Å². The Morgan fingerprint density at radius 2 is 0.722 bits per heavy atom. The fourth-order valence-electron chi connectivity index (χ4n) is 3.42. The Morgan fingerprint density at radius 1 is 0.444 bits per heavy atom. The van der Waals surface area contributed by atoms with Crippen LogP contribution in [-0.2, 0) is 9.47 Å². The molecule has 182 valence electrons. The highest BCUT2D eigenvalue weighted by Crippen LogP contribution is 2.46. The molecule has 0 amide bonds. The van der Waals surface area contributed by atoms with Crippen molar-refractivity contribution >= 4 is 128 Å². The van der Waals surface area contributed by atoms with Crippen LogP contribution in [0.3, 0.4) is 0 Å². The first kappa shape index (κ1) is 25.9. The monoisotopic (exact) mass is 640 g/mol. The van der Waals surface area contributed by atoms with Crippen LogP contribution >= 0.6 is 92.8 Å². The maximum Gasteiger partial charge on any atom is 0.347 e. The van der Waals surface area contributed by atoms with Crippen molar-refractivity contribution in [3.63, 3.8) is 0 Å². The number of rotatable bonds is 2. The summed E-state index contributed by atoms with van der Waals surface area (Å²) in [6.45, 7) is 0. The molecule has 2 aliphatic rings. The smallest absolute Gasteiger partial charge is 0.347 e. The van der Waals surface area contributed by atoms with E-state index in [1.807, 2.05) is 0 Å². The van der Waals surface area contributed by atoms with E-state index in [4.69, 9.17) is 102 Å². The number of fused-ring (bicyclic) bond motifs is 2. The zero-order chi connectivity index (χ0) is 26.0. The fraction of sp³-hybridized carbons (Fsp3) is 0. The van der Waals surface area contributed by atoms with Gasteiger partial charge in [-0.2, -0.15) is 0 Å². The molecule has 0 atom stereocenters. The van der Waals surface area contributed by atoms with Crippen LogP contribution < -0.4 is 0 Å². The van der Waals surface area contributed by atoms with E-state index in [-0.39, 0.29) is 74.2 Å². The Bertz CT molecular complexity index is 1480. The summed E-state index contributed by atoms with van der Waals surface area (Å²) in [5, 5.41) is -0.431. The molecule has 0 saturated carbocycles. The van der Waals surface area contributed by atoms with E-state index in [1.54, 1.807) is 24.3 Å².